The molecule has 0 bridgehead atoms. The third-order valence-electron chi connectivity index (χ3n) is 3.09. The van der Waals surface area contributed by atoms with Crippen molar-refractivity contribution < 1.29 is 13.2 Å². The SMILES string of the molecule is FC(F)(F)c1cc(Sc2ncns2)ccc1CNC1CC1. The van der Waals surface area contributed by atoms with Crippen molar-refractivity contribution in [2.45, 2.75) is 40.8 Å². The summed E-state index contributed by atoms with van der Waals surface area (Å²) in [4.78, 5) is 4.49. The van der Waals surface area contributed by atoms with Crippen LogP contribution < -0.4 is 5.32 Å². The van der Waals surface area contributed by atoms with E-state index < -0.39 is 11.7 Å². The summed E-state index contributed by atoms with van der Waals surface area (Å²) in [6.07, 6.45) is -0.859. The Hall–Kier alpha value is -1.12. The molecule has 0 radical (unpaired) electrons. The zero-order chi connectivity index (χ0) is 14.9. The fraction of sp³-hybridized carbons (Fsp3) is 0.385. The predicted molar refractivity (Wildman–Crippen MR) is 75.3 cm³/mol. The minimum absolute atomic E-state index is 0.253. The van der Waals surface area contributed by atoms with Gasteiger partial charge in [0, 0.05) is 17.5 Å². The number of benzene rings is 1. The first-order valence-corrected chi connectivity index (χ1v) is 7.99. The van der Waals surface area contributed by atoms with Gasteiger partial charge < -0.3 is 5.32 Å². The van der Waals surface area contributed by atoms with Crippen LogP contribution in [-0.4, -0.2) is 15.4 Å². The zero-order valence-electron chi connectivity index (χ0n) is 10.9. The molecular weight excluding hydrogens is 319 g/mol. The van der Waals surface area contributed by atoms with E-state index in [4.69, 9.17) is 0 Å². The van der Waals surface area contributed by atoms with E-state index in [1.165, 1.54) is 35.7 Å². The van der Waals surface area contributed by atoms with Crippen LogP contribution in [0.3, 0.4) is 0 Å². The summed E-state index contributed by atoms with van der Waals surface area (Å²) in [7, 11) is 0. The first kappa shape index (κ1) is 14.8. The number of hydrogen-bond acceptors (Lipinski definition) is 5. The lowest BCUT2D eigenvalue weighted by Crippen LogP contribution is -2.19. The summed E-state index contributed by atoms with van der Waals surface area (Å²) in [5.74, 6) is 0. The van der Waals surface area contributed by atoms with Gasteiger partial charge in [-0.3, -0.25) is 0 Å². The number of rotatable bonds is 5. The molecular formula is C13H12F3N3S2. The van der Waals surface area contributed by atoms with Gasteiger partial charge in [-0.15, -0.1) is 0 Å². The fourth-order valence-electron chi connectivity index (χ4n) is 1.89. The van der Waals surface area contributed by atoms with Crippen LogP contribution in [-0.2, 0) is 12.7 Å². The van der Waals surface area contributed by atoms with Crippen LogP contribution in [0.2, 0.25) is 0 Å². The number of nitrogens with zero attached hydrogens (tertiary/aromatic N) is 2. The average molecular weight is 331 g/mol. The third-order valence-corrected chi connectivity index (χ3v) is 4.80. The van der Waals surface area contributed by atoms with Crippen LogP contribution in [0.1, 0.15) is 24.0 Å². The molecule has 8 heteroatoms. The van der Waals surface area contributed by atoms with Crippen LogP contribution in [0.5, 0.6) is 0 Å². The predicted octanol–water partition coefficient (Wildman–Crippen LogP) is 3.96. The maximum absolute atomic E-state index is 13.2. The molecule has 1 aromatic heterocycles. The maximum Gasteiger partial charge on any atom is 0.416 e. The number of alkyl halides is 3. The second kappa shape index (κ2) is 5.94. The number of halogens is 3. The van der Waals surface area contributed by atoms with Crippen LogP contribution in [0.15, 0.2) is 33.8 Å². The molecule has 1 heterocycles. The second-order valence-electron chi connectivity index (χ2n) is 4.78. The fourth-order valence-corrected chi connectivity index (χ4v) is 3.35. The number of aromatic nitrogens is 2. The van der Waals surface area contributed by atoms with E-state index in [0.29, 0.717) is 15.3 Å². The Morgan fingerprint density at radius 3 is 2.76 bits per heavy atom. The van der Waals surface area contributed by atoms with E-state index in [1.54, 1.807) is 12.1 Å². The Kier molecular flexibility index (Phi) is 4.19. The molecule has 3 nitrogen and oxygen atoms in total. The van der Waals surface area contributed by atoms with E-state index >= 15 is 0 Å². The van der Waals surface area contributed by atoms with E-state index in [2.05, 4.69) is 14.7 Å². The van der Waals surface area contributed by atoms with Crippen molar-refractivity contribution in [1.82, 2.24) is 14.7 Å². The van der Waals surface area contributed by atoms with Crippen molar-refractivity contribution in [3.63, 3.8) is 0 Å². The molecule has 1 aliphatic carbocycles. The van der Waals surface area contributed by atoms with E-state index in [-0.39, 0.29) is 12.1 Å². The Morgan fingerprint density at radius 2 is 2.14 bits per heavy atom. The molecule has 112 valence electrons. The zero-order valence-corrected chi connectivity index (χ0v) is 12.5. The van der Waals surface area contributed by atoms with Crippen molar-refractivity contribution >= 4 is 23.3 Å². The normalized spacial score (nSPS) is 15.4. The lowest BCUT2D eigenvalue weighted by Gasteiger charge is -2.14. The van der Waals surface area contributed by atoms with Gasteiger partial charge in [0.2, 0.25) is 0 Å². The third kappa shape index (κ3) is 3.96. The summed E-state index contributed by atoms with van der Waals surface area (Å²) in [5, 5.41) is 3.12. The number of nitrogens with one attached hydrogen (secondary N) is 1. The highest BCUT2D eigenvalue weighted by atomic mass is 32.2. The van der Waals surface area contributed by atoms with E-state index in [0.717, 1.165) is 12.8 Å². The minimum atomic E-state index is -4.35. The van der Waals surface area contributed by atoms with Gasteiger partial charge >= 0.3 is 6.18 Å². The number of hydrogen-bond donors (Lipinski definition) is 1. The summed E-state index contributed by atoms with van der Waals surface area (Å²) in [6, 6.07) is 4.81. The standard InChI is InChI=1S/C13H12F3N3S2/c14-13(15,16)11-5-10(20-12-18-7-19-21-12)4-1-8(11)6-17-9-2-3-9/h1,4-5,7,9,17H,2-3,6H2. The Morgan fingerprint density at radius 1 is 1.33 bits per heavy atom. The molecule has 0 atom stereocenters. The van der Waals surface area contributed by atoms with Crippen molar-refractivity contribution in [3.8, 4) is 0 Å². The van der Waals surface area contributed by atoms with Crippen molar-refractivity contribution in [1.29, 1.82) is 0 Å². The molecule has 0 aliphatic heterocycles. The van der Waals surface area contributed by atoms with E-state index in [9.17, 15) is 13.2 Å². The van der Waals surface area contributed by atoms with Gasteiger partial charge in [-0.05, 0) is 42.1 Å². The molecule has 1 fully saturated rings. The van der Waals surface area contributed by atoms with Crippen LogP contribution in [0.25, 0.3) is 0 Å². The summed E-state index contributed by atoms with van der Waals surface area (Å²) in [5.41, 5.74) is -0.291. The topological polar surface area (TPSA) is 37.8 Å². The molecule has 1 aromatic carbocycles. The highest BCUT2D eigenvalue weighted by Gasteiger charge is 2.34. The van der Waals surface area contributed by atoms with Gasteiger partial charge in [-0.25, -0.2) is 4.98 Å². The first-order chi connectivity index (χ1) is 10.0. The Balaban J connectivity index is 1.82. The Bertz CT molecular complexity index is 610. The summed E-state index contributed by atoms with van der Waals surface area (Å²) in [6.45, 7) is 0.253. The monoisotopic (exact) mass is 331 g/mol. The molecule has 0 spiro atoms. The summed E-state index contributed by atoms with van der Waals surface area (Å²) >= 11 is 2.36. The van der Waals surface area contributed by atoms with E-state index in [1.807, 2.05) is 0 Å². The van der Waals surface area contributed by atoms with Crippen LogP contribution >= 0.6 is 23.3 Å². The lowest BCUT2D eigenvalue weighted by atomic mass is 10.1. The molecule has 3 rings (SSSR count). The Labute approximate surface area is 128 Å². The molecule has 0 saturated heterocycles. The van der Waals surface area contributed by atoms with Gasteiger partial charge in [0.05, 0.1) is 5.56 Å². The first-order valence-electron chi connectivity index (χ1n) is 6.40. The molecule has 0 amide bonds. The van der Waals surface area contributed by atoms with Gasteiger partial charge in [0.15, 0.2) is 4.34 Å². The van der Waals surface area contributed by atoms with Crippen LogP contribution in [0.4, 0.5) is 13.2 Å². The smallest absolute Gasteiger partial charge is 0.310 e. The van der Waals surface area contributed by atoms with Crippen molar-refractivity contribution in [2.75, 3.05) is 0 Å². The van der Waals surface area contributed by atoms with Crippen LogP contribution in [0, 0.1) is 0 Å². The molecule has 1 aliphatic rings. The largest absolute Gasteiger partial charge is 0.416 e. The van der Waals surface area contributed by atoms with Gasteiger partial charge in [0.25, 0.3) is 0 Å². The highest BCUT2D eigenvalue weighted by Crippen LogP contribution is 2.37. The molecule has 1 N–H and O–H groups in total. The molecule has 1 saturated carbocycles. The highest BCUT2D eigenvalue weighted by molar-refractivity contribution is 8.01. The maximum atomic E-state index is 13.2. The molecule has 0 unspecified atom stereocenters. The van der Waals surface area contributed by atoms with Gasteiger partial charge in [-0.2, -0.15) is 17.5 Å². The van der Waals surface area contributed by atoms with Gasteiger partial charge in [-0.1, -0.05) is 17.8 Å². The van der Waals surface area contributed by atoms with Crippen molar-refractivity contribution in [2.24, 2.45) is 0 Å². The van der Waals surface area contributed by atoms with Gasteiger partial charge in [0.1, 0.15) is 6.33 Å². The molecule has 2 aromatic rings. The quantitative estimate of drug-likeness (QED) is 0.900. The summed E-state index contributed by atoms with van der Waals surface area (Å²) < 4.78 is 44.0. The lowest BCUT2D eigenvalue weighted by molar-refractivity contribution is -0.138. The second-order valence-corrected chi connectivity index (χ2v) is 6.88. The minimum Gasteiger partial charge on any atom is -0.310 e. The molecule has 21 heavy (non-hydrogen) atoms. The average Bonchev–Trinajstić information content (AvgIpc) is 3.12. The van der Waals surface area contributed by atoms with Crippen molar-refractivity contribution in [3.05, 3.63) is 35.7 Å².